The smallest absolute Gasteiger partial charge is 0.242 e. The van der Waals surface area contributed by atoms with Crippen LogP contribution in [0.5, 0.6) is 0 Å². The number of likely N-dealkylation sites (tertiary alicyclic amines) is 1. The highest BCUT2D eigenvalue weighted by Crippen LogP contribution is 2.25. The molecule has 2 heterocycles. The second kappa shape index (κ2) is 6.95. The number of aromatic nitrogens is 1. The van der Waals surface area contributed by atoms with Crippen molar-refractivity contribution in [1.82, 2.24) is 14.6 Å². The molecule has 0 saturated carbocycles. The second-order valence-corrected chi connectivity index (χ2v) is 6.42. The fraction of sp³-hybridized carbons (Fsp3) is 0.438. The van der Waals surface area contributed by atoms with Gasteiger partial charge in [-0.2, -0.15) is 4.37 Å². The first kappa shape index (κ1) is 15.7. The zero-order valence-corrected chi connectivity index (χ0v) is 13.9. The monoisotopic (exact) mass is 332 g/mol. The minimum atomic E-state index is -0.312. The van der Waals surface area contributed by atoms with Gasteiger partial charge in [-0.05, 0) is 36.5 Å². The van der Waals surface area contributed by atoms with Crippen LogP contribution in [0.25, 0.3) is 10.1 Å². The van der Waals surface area contributed by atoms with Crippen LogP contribution in [0.4, 0.5) is 5.82 Å². The number of carbonyl (C=O) groups excluding carboxylic acids is 2. The van der Waals surface area contributed by atoms with Crippen LogP contribution in [0.15, 0.2) is 24.3 Å². The highest BCUT2D eigenvalue weighted by Gasteiger charge is 2.31. The molecule has 1 aliphatic heterocycles. The highest BCUT2D eigenvalue weighted by atomic mass is 32.1. The Bertz CT molecular complexity index is 715. The lowest BCUT2D eigenvalue weighted by Gasteiger charge is -2.22. The average molecular weight is 332 g/mol. The highest BCUT2D eigenvalue weighted by molar-refractivity contribution is 7.13. The summed E-state index contributed by atoms with van der Waals surface area (Å²) in [6.07, 6.45) is 1.64. The largest absolute Gasteiger partial charge is 0.367 e. The number of nitrogens with zero attached hydrogens (tertiary/aromatic N) is 2. The summed E-state index contributed by atoms with van der Waals surface area (Å²) in [5.41, 5.74) is 0. The first-order chi connectivity index (χ1) is 11.2. The number of nitrogens with one attached hydrogen (secondary N) is 2. The van der Waals surface area contributed by atoms with Crippen molar-refractivity contribution < 1.29 is 9.59 Å². The number of fused-ring (bicyclic) bond motifs is 1. The number of benzene rings is 1. The predicted octanol–water partition coefficient (Wildman–Crippen LogP) is 1.84. The van der Waals surface area contributed by atoms with Crippen LogP contribution in [0.3, 0.4) is 0 Å². The van der Waals surface area contributed by atoms with Crippen LogP contribution in [0, 0.1) is 0 Å². The maximum Gasteiger partial charge on any atom is 0.242 e. The Morgan fingerprint density at radius 2 is 2.17 bits per heavy atom. The van der Waals surface area contributed by atoms with Crippen molar-refractivity contribution in [2.75, 3.05) is 25.0 Å². The molecule has 7 heteroatoms. The topological polar surface area (TPSA) is 74.3 Å². The maximum absolute atomic E-state index is 12.2. The molecule has 0 bridgehead atoms. The molecule has 122 valence electrons. The van der Waals surface area contributed by atoms with Crippen LogP contribution < -0.4 is 10.6 Å². The Morgan fingerprint density at radius 3 is 3.00 bits per heavy atom. The van der Waals surface area contributed by atoms with E-state index >= 15 is 0 Å². The lowest BCUT2D eigenvalue weighted by molar-refractivity contribution is -0.136. The minimum Gasteiger partial charge on any atom is -0.367 e. The molecule has 0 radical (unpaired) electrons. The van der Waals surface area contributed by atoms with E-state index in [2.05, 4.69) is 15.0 Å². The van der Waals surface area contributed by atoms with Gasteiger partial charge in [0.25, 0.3) is 0 Å². The standard InChI is InChI=1S/C16H20N4O2S/c1-11(21)20-10-4-6-13(20)16(22)18-9-8-17-15-12-5-2-3-7-14(12)23-19-15/h2-3,5,7,13H,4,6,8-10H2,1H3,(H,17,19)(H,18,22). The van der Waals surface area contributed by atoms with Gasteiger partial charge in [-0.1, -0.05) is 12.1 Å². The van der Waals surface area contributed by atoms with Crippen LogP contribution in [0.2, 0.25) is 0 Å². The van der Waals surface area contributed by atoms with E-state index in [1.165, 1.54) is 18.5 Å². The van der Waals surface area contributed by atoms with E-state index in [0.29, 0.717) is 19.6 Å². The van der Waals surface area contributed by atoms with E-state index in [0.717, 1.165) is 28.7 Å². The van der Waals surface area contributed by atoms with Crippen molar-refractivity contribution in [1.29, 1.82) is 0 Å². The molecule has 23 heavy (non-hydrogen) atoms. The van der Waals surface area contributed by atoms with Crippen LogP contribution in [0.1, 0.15) is 19.8 Å². The van der Waals surface area contributed by atoms with Crippen molar-refractivity contribution in [3.8, 4) is 0 Å². The summed E-state index contributed by atoms with van der Waals surface area (Å²) in [6.45, 7) is 3.30. The molecule has 1 aromatic heterocycles. The number of rotatable bonds is 5. The first-order valence-electron chi connectivity index (χ1n) is 7.80. The third-order valence-corrected chi connectivity index (χ3v) is 4.88. The molecule has 1 saturated heterocycles. The van der Waals surface area contributed by atoms with Gasteiger partial charge in [-0.25, -0.2) is 0 Å². The molecular weight excluding hydrogens is 312 g/mol. The van der Waals surface area contributed by atoms with Gasteiger partial charge >= 0.3 is 0 Å². The van der Waals surface area contributed by atoms with E-state index in [1.807, 2.05) is 24.3 Å². The van der Waals surface area contributed by atoms with Gasteiger partial charge < -0.3 is 15.5 Å². The van der Waals surface area contributed by atoms with E-state index in [-0.39, 0.29) is 17.9 Å². The zero-order valence-electron chi connectivity index (χ0n) is 13.0. The molecule has 1 aromatic carbocycles. The van der Waals surface area contributed by atoms with Crippen molar-refractivity contribution in [2.45, 2.75) is 25.8 Å². The third-order valence-electron chi connectivity index (χ3n) is 4.05. The number of hydrogen-bond acceptors (Lipinski definition) is 5. The van der Waals surface area contributed by atoms with E-state index in [4.69, 9.17) is 0 Å². The summed E-state index contributed by atoms with van der Waals surface area (Å²) in [6, 6.07) is 7.74. The Balaban J connectivity index is 1.48. The number of amides is 2. The fourth-order valence-electron chi connectivity index (χ4n) is 2.91. The van der Waals surface area contributed by atoms with E-state index in [9.17, 15) is 9.59 Å². The van der Waals surface area contributed by atoms with Crippen molar-refractivity contribution in [3.05, 3.63) is 24.3 Å². The van der Waals surface area contributed by atoms with Gasteiger partial charge in [0, 0.05) is 31.9 Å². The number of hydrogen-bond donors (Lipinski definition) is 2. The van der Waals surface area contributed by atoms with Gasteiger partial charge in [0.05, 0.1) is 4.70 Å². The van der Waals surface area contributed by atoms with Gasteiger partial charge in [-0.3, -0.25) is 9.59 Å². The number of carbonyl (C=O) groups is 2. The normalized spacial score (nSPS) is 17.4. The molecule has 2 N–H and O–H groups in total. The lowest BCUT2D eigenvalue weighted by Crippen LogP contribution is -2.46. The molecule has 1 atom stereocenters. The molecule has 0 aliphatic carbocycles. The lowest BCUT2D eigenvalue weighted by atomic mass is 10.2. The molecular formula is C16H20N4O2S. The zero-order chi connectivity index (χ0) is 16.2. The van der Waals surface area contributed by atoms with Gasteiger partial charge in [0.1, 0.15) is 11.9 Å². The van der Waals surface area contributed by atoms with E-state index in [1.54, 1.807) is 4.90 Å². The van der Waals surface area contributed by atoms with Gasteiger partial charge in [0.2, 0.25) is 11.8 Å². The molecule has 2 aromatic rings. The van der Waals surface area contributed by atoms with E-state index < -0.39 is 0 Å². The summed E-state index contributed by atoms with van der Waals surface area (Å²) in [4.78, 5) is 25.3. The van der Waals surface area contributed by atoms with Crippen molar-refractivity contribution >= 4 is 39.3 Å². The Morgan fingerprint density at radius 1 is 1.35 bits per heavy atom. The second-order valence-electron chi connectivity index (χ2n) is 5.62. The summed E-state index contributed by atoms with van der Waals surface area (Å²) in [5.74, 6) is 0.753. The quantitative estimate of drug-likeness (QED) is 0.819. The van der Waals surface area contributed by atoms with Gasteiger partial charge in [0.15, 0.2) is 0 Å². The molecule has 1 aliphatic rings. The van der Waals surface area contributed by atoms with Crippen LogP contribution in [-0.2, 0) is 9.59 Å². The van der Waals surface area contributed by atoms with Crippen molar-refractivity contribution in [2.24, 2.45) is 0 Å². The number of anilines is 1. The SMILES string of the molecule is CC(=O)N1CCCC1C(=O)NCCNc1nsc2ccccc12. The maximum atomic E-state index is 12.2. The Labute approximate surface area is 139 Å². The first-order valence-corrected chi connectivity index (χ1v) is 8.57. The van der Waals surface area contributed by atoms with Crippen LogP contribution >= 0.6 is 11.5 Å². The predicted molar refractivity (Wildman–Crippen MR) is 91.5 cm³/mol. The summed E-state index contributed by atoms with van der Waals surface area (Å²) >= 11 is 1.46. The summed E-state index contributed by atoms with van der Waals surface area (Å²) in [7, 11) is 0. The fourth-order valence-corrected chi connectivity index (χ4v) is 3.67. The summed E-state index contributed by atoms with van der Waals surface area (Å²) in [5, 5.41) is 7.25. The molecule has 6 nitrogen and oxygen atoms in total. The van der Waals surface area contributed by atoms with Gasteiger partial charge in [-0.15, -0.1) is 0 Å². The van der Waals surface area contributed by atoms with Crippen LogP contribution in [-0.4, -0.2) is 46.8 Å². The molecule has 0 spiro atoms. The van der Waals surface area contributed by atoms with Crippen molar-refractivity contribution in [3.63, 3.8) is 0 Å². The molecule has 3 rings (SSSR count). The molecule has 2 amide bonds. The molecule has 1 unspecified atom stereocenters. The summed E-state index contributed by atoms with van der Waals surface area (Å²) < 4.78 is 5.53. The minimum absolute atomic E-state index is 0.0327. The molecule has 1 fully saturated rings. The average Bonchev–Trinajstić information content (AvgIpc) is 3.18. The Hall–Kier alpha value is -2.15. The Kier molecular flexibility index (Phi) is 4.76. The third kappa shape index (κ3) is 3.44.